The molecule has 94 valence electrons. The first-order valence-corrected chi connectivity index (χ1v) is 7.35. The summed E-state index contributed by atoms with van der Waals surface area (Å²) in [6.07, 6.45) is 3.79. The Balaban J connectivity index is 2.22. The second-order valence-corrected chi connectivity index (χ2v) is 6.34. The summed E-state index contributed by atoms with van der Waals surface area (Å²) in [5.74, 6) is 0. The van der Waals surface area contributed by atoms with Crippen molar-refractivity contribution in [3.8, 4) is 0 Å². The smallest absolute Gasteiger partial charge is 0.241 e. The van der Waals surface area contributed by atoms with E-state index in [9.17, 15) is 8.42 Å². The van der Waals surface area contributed by atoms with Gasteiger partial charge in [-0.05, 0) is 49.9 Å². The van der Waals surface area contributed by atoms with Crippen LogP contribution in [0.15, 0.2) is 29.2 Å². The topological polar surface area (TPSA) is 72.2 Å². The van der Waals surface area contributed by atoms with Crippen LogP contribution in [0.25, 0.3) is 0 Å². The maximum atomic E-state index is 12.2. The van der Waals surface area contributed by atoms with Gasteiger partial charge in [0.1, 0.15) is 0 Å². The Labute approximate surface area is 102 Å². The summed E-state index contributed by atoms with van der Waals surface area (Å²) < 4.78 is 27.1. The van der Waals surface area contributed by atoms with Crippen LogP contribution in [0.4, 0.5) is 5.69 Å². The number of sulfonamides is 1. The lowest BCUT2D eigenvalue weighted by Gasteiger charge is -2.41. The molecule has 1 saturated carbocycles. The Morgan fingerprint density at radius 3 is 2.29 bits per heavy atom. The Morgan fingerprint density at radius 1 is 1.29 bits per heavy atom. The van der Waals surface area contributed by atoms with Crippen molar-refractivity contribution >= 4 is 15.7 Å². The first-order chi connectivity index (χ1) is 7.97. The molecule has 1 aromatic rings. The highest BCUT2D eigenvalue weighted by molar-refractivity contribution is 7.89. The lowest BCUT2D eigenvalue weighted by atomic mass is 9.76. The van der Waals surface area contributed by atoms with Gasteiger partial charge in [-0.25, -0.2) is 13.1 Å². The van der Waals surface area contributed by atoms with Gasteiger partial charge in [-0.1, -0.05) is 6.92 Å². The zero-order chi connectivity index (χ0) is 12.5. The Bertz CT molecular complexity index is 484. The highest BCUT2D eigenvalue weighted by Crippen LogP contribution is 2.36. The van der Waals surface area contributed by atoms with E-state index < -0.39 is 10.0 Å². The van der Waals surface area contributed by atoms with Gasteiger partial charge in [-0.15, -0.1) is 0 Å². The van der Waals surface area contributed by atoms with E-state index in [1.165, 1.54) is 0 Å². The van der Waals surface area contributed by atoms with Gasteiger partial charge in [-0.2, -0.15) is 0 Å². The molecule has 3 N–H and O–H groups in total. The summed E-state index contributed by atoms with van der Waals surface area (Å²) in [5, 5.41) is 0. The van der Waals surface area contributed by atoms with Crippen LogP contribution in [0.2, 0.25) is 0 Å². The lowest BCUT2D eigenvalue weighted by molar-refractivity contribution is 0.214. The maximum Gasteiger partial charge on any atom is 0.241 e. The van der Waals surface area contributed by atoms with Crippen molar-refractivity contribution < 1.29 is 8.42 Å². The first kappa shape index (κ1) is 12.4. The van der Waals surface area contributed by atoms with Gasteiger partial charge >= 0.3 is 0 Å². The van der Waals surface area contributed by atoms with E-state index in [-0.39, 0.29) is 10.4 Å². The zero-order valence-corrected chi connectivity index (χ0v) is 10.8. The molecule has 1 aliphatic carbocycles. The molecular formula is C12H18N2O2S. The van der Waals surface area contributed by atoms with Gasteiger partial charge in [-0.3, -0.25) is 0 Å². The molecule has 0 amide bonds. The molecule has 0 bridgehead atoms. The van der Waals surface area contributed by atoms with E-state index in [1.54, 1.807) is 24.3 Å². The Morgan fingerprint density at radius 2 is 1.88 bits per heavy atom. The third kappa shape index (κ3) is 2.45. The molecule has 0 unspecified atom stereocenters. The third-order valence-electron chi connectivity index (χ3n) is 3.53. The molecule has 0 aromatic heterocycles. The van der Waals surface area contributed by atoms with E-state index in [4.69, 9.17) is 5.73 Å². The molecule has 0 aliphatic heterocycles. The summed E-state index contributed by atoms with van der Waals surface area (Å²) >= 11 is 0. The molecule has 1 aliphatic rings. The van der Waals surface area contributed by atoms with Gasteiger partial charge in [0, 0.05) is 11.2 Å². The minimum Gasteiger partial charge on any atom is -0.399 e. The number of nitrogens with two attached hydrogens (primary N) is 1. The second kappa shape index (κ2) is 4.31. The molecule has 1 aromatic carbocycles. The molecule has 0 heterocycles. The number of nitrogen functional groups attached to an aromatic ring is 1. The standard InChI is InChI=1S/C12H18N2O2S/c1-2-12(8-3-9-12)14-17(15,16)11-6-4-10(13)5-7-11/h4-7,14H,2-3,8-9,13H2,1H3. The van der Waals surface area contributed by atoms with Gasteiger partial charge in [0.25, 0.3) is 0 Å². The van der Waals surface area contributed by atoms with Crippen LogP contribution in [0.3, 0.4) is 0 Å². The normalized spacial score (nSPS) is 18.6. The van der Waals surface area contributed by atoms with Crippen LogP contribution in [0.5, 0.6) is 0 Å². The molecule has 0 radical (unpaired) electrons. The molecule has 0 atom stereocenters. The maximum absolute atomic E-state index is 12.2. The number of hydrogen-bond acceptors (Lipinski definition) is 3. The van der Waals surface area contributed by atoms with Crippen LogP contribution in [-0.2, 0) is 10.0 Å². The van der Waals surface area contributed by atoms with E-state index >= 15 is 0 Å². The summed E-state index contributed by atoms with van der Waals surface area (Å²) in [4.78, 5) is 0.284. The lowest BCUT2D eigenvalue weighted by Crippen LogP contribution is -2.52. The summed E-state index contributed by atoms with van der Waals surface area (Å²) in [6, 6.07) is 6.29. The van der Waals surface area contributed by atoms with E-state index in [2.05, 4.69) is 4.72 Å². The number of hydrogen-bond donors (Lipinski definition) is 2. The number of rotatable bonds is 4. The average Bonchev–Trinajstić information content (AvgIpc) is 2.24. The number of anilines is 1. The van der Waals surface area contributed by atoms with Crippen molar-refractivity contribution in [2.24, 2.45) is 0 Å². The predicted octanol–water partition coefficient (Wildman–Crippen LogP) is 1.88. The molecular weight excluding hydrogens is 236 g/mol. The van der Waals surface area contributed by atoms with E-state index in [0.717, 1.165) is 25.7 Å². The monoisotopic (exact) mass is 254 g/mol. The fourth-order valence-corrected chi connectivity index (χ4v) is 3.65. The van der Waals surface area contributed by atoms with Crippen molar-refractivity contribution in [2.75, 3.05) is 5.73 Å². The van der Waals surface area contributed by atoms with Crippen LogP contribution < -0.4 is 10.5 Å². The molecule has 17 heavy (non-hydrogen) atoms. The van der Waals surface area contributed by atoms with E-state index in [0.29, 0.717) is 5.69 Å². The first-order valence-electron chi connectivity index (χ1n) is 5.87. The van der Waals surface area contributed by atoms with E-state index in [1.807, 2.05) is 6.92 Å². The van der Waals surface area contributed by atoms with Crippen molar-refractivity contribution in [1.82, 2.24) is 4.72 Å². The fraction of sp³-hybridized carbons (Fsp3) is 0.500. The highest BCUT2D eigenvalue weighted by atomic mass is 32.2. The largest absolute Gasteiger partial charge is 0.399 e. The van der Waals surface area contributed by atoms with Crippen LogP contribution in [0.1, 0.15) is 32.6 Å². The predicted molar refractivity (Wildman–Crippen MR) is 68.0 cm³/mol. The van der Waals surface area contributed by atoms with Crippen LogP contribution in [-0.4, -0.2) is 14.0 Å². The Kier molecular flexibility index (Phi) is 3.14. The van der Waals surface area contributed by atoms with Crippen molar-refractivity contribution in [3.63, 3.8) is 0 Å². The third-order valence-corrected chi connectivity index (χ3v) is 5.12. The molecule has 5 heteroatoms. The molecule has 4 nitrogen and oxygen atoms in total. The quantitative estimate of drug-likeness (QED) is 0.806. The van der Waals surface area contributed by atoms with Crippen molar-refractivity contribution in [3.05, 3.63) is 24.3 Å². The Hall–Kier alpha value is -1.07. The van der Waals surface area contributed by atoms with Gasteiger partial charge in [0.2, 0.25) is 10.0 Å². The van der Waals surface area contributed by atoms with Crippen molar-refractivity contribution in [2.45, 2.75) is 43.0 Å². The van der Waals surface area contributed by atoms with Gasteiger partial charge < -0.3 is 5.73 Å². The summed E-state index contributed by atoms with van der Waals surface area (Å²) in [7, 11) is -3.41. The number of nitrogens with one attached hydrogen (secondary N) is 1. The average molecular weight is 254 g/mol. The molecule has 1 fully saturated rings. The fourth-order valence-electron chi connectivity index (χ4n) is 2.12. The minimum absolute atomic E-state index is 0.222. The summed E-state index contributed by atoms with van der Waals surface area (Å²) in [6.45, 7) is 2.02. The van der Waals surface area contributed by atoms with Gasteiger partial charge in [0.05, 0.1) is 4.90 Å². The highest BCUT2D eigenvalue weighted by Gasteiger charge is 2.38. The molecule has 0 saturated heterocycles. The zero-order valence-electron chi connectivity index (χ0n) is 9.94. The SMILES string of the molecule is CCC1(NS(=O)(=O)c2ccc(N)cc2)CCC1. The van der Waals surface area contributed by atoms with Crippen LogP contribution >= 0.6 is 0 Å². The summed E-state index contributed by atoms with van der Waals surface area (Å²) in [5.41, 5.74) is 5.89. The molecule has 2 rings (SSSR count). The second-order valence-electron chi connectivity index (χ2n) is 4.66. The minimum atomic E-state index is -3.41. The van der Waals surface area contributed by atoms with Gasteiger partial charge in [0.15, 0.2) is 0 Å². The van der Waals surface area contributed by atoms with Crippen molar-refractivity contribution in [1.29, 1.82) is 0 Å². The molecule has 0 spiro atoms. The van der Waals surface area contributed by atoms with Crippen LogP contribution in [0, 0.1) is 0 Å². The number of benzene rings is 1.